The number of nitriles is 1. The van der Waals surface area contributed by atoms with E-state index in [1.54, 1.807) is 17.1 Å². The maximum Gasteiger partial charge on any atom is 0.317 e. The number of hydrogen-bond donors (Lipinski definition) is 1. The zero-order valence-corrected chi connectivity index (χ0v) is 12.2. The molecule has 1 aliphatic carbocycles. The van der Waals surface area contributed by atoms with Gasteiger partial charge in [0, 0.05) is 25.3 Å². The molecule has 6 heteroatoms. The van der Waals surface area contributed by atoms with E-state index in [9.17, 15) is 4.79 Å². The van der Waals surface area contributed by atoms with Crippen molar-refractivity contribution in [2.45, 2.75) is 50.6 Å². The minimum Gasteiger partial charge on any atom is -0.335 e. The number of carbonyl (C=O) groups is 1. The van der Waals surface area contributed by atoms with Crippen LogP contribution in [0, 0.1) is 11.3 Å². The van der Waals surface area contributed by atoms with Crippen molar-refractivity contribution in [2.75, 3.05) is 13.1 Å². The number of aromatic nitrogens is 2. The second-order valence-electron chi connectivity index (χ2n) is 6.02. The Morgan fingerprint density at radius 2 is 2.00 bits per heavy atom. The lowest BCUT2D eigenvalue weighted by molar-refractivity contribution is 0.115. The summed E-state index contributed by atoms with van der Waals surface area (Å²) in [4.78, 5) is 14.0. The maximum atomic E-state index is 12.2. The van der Waals surface area contributed by atoms with Crippen LogP contribution in [-0.4, -0.2) is 39.8 Å². The number of nitrogens with zero attached hydrogens (tertiary/aromatic N) is 4. The van der Waals surface area contributed by atoms with E-state index in [1.807, 2.05) is 4.90 Å². The molecule has 2 amide bonds. The Morgan fingerprint density at radius 3 is 2.62 bits per heavy atom. The standard InChI is InChI=1S/C15H21N5O/c16-7-12-8-17-20(9-12)14-10-19(11-14)15(21)18-13-5-3-1-2-4-6-13/h8-9,13-14H,1-6,10-11H2,(H,18,21). The quantitative estimate of drug-likeness (QED) is 0.846. The fourth-order valence-corrected chi connectivity index (χ4v) is 3.07. The molecule has 0 aromatic carbocycles. The van der Waals surface area contributed by atoms with E-state index in [4.69, 9.17) is 5.26 Å². The highest BCUT2D eigenvalue weighted by Gasteiger charge is 2.33. The second-order valence-corrected chi connectivity index (χ2v) is 6.02. The number of hydrogen-bond acceptors (Lipinski definition) is 3. The molecule has 1 saturated heterocycles. The molecule has 1 aromatic heterocycles. The topological polar surface area (TPSA) is 74.0 Å². The molecule has 1 saturated carbocycles. The first-order chi connectivity index (χ1) is 10.3. The van der Waals surface area contributed by atoms with E-state index in [0.717, 1.165) is 12.8 Å². The zero-order chi connectivity index (χ0) is 14.7. The minimum absolute atomic E-state index is 0.0470. The van der Waals surface area contributed by atoms with Crippen molar-refractivity contribution < 1.29 is 4.79 Å². The van der Waals surface area contributed by atoms with Gasteiger partial charge in [0.1, 0.15) is 6.07 Å². The average Bonchev–Trinajstić information content (AvgIpc) is 2.74. The summed E-state index contributed by atoms with van der Waals surface area (Å²) in [7, 11) is 0. The molecule has 112 valence electrons. The summed E-state index contributed by atoms with van der Waals surface area (Å²) >= 11 is 0. The molecule has 0 unspecified atom stereocenters. The summed E-state index contributed by atoms with van der Waals surface area (Å²) in [5, 5.41) is 16.1. The number of amides is 2. The van der Waals surface area contributed by atoms with Crippen LogP contribution in [0.3, 0.4) is 0 Å². The van der Waals surface area contributed by atoms with Gasteiger partial charge in [0.2, 0.25) is 0 Å². The summed E-state index contributed by atoms with van der Waals surface area (Å²) in [5.74, 6) is 0. The van der Waals surface area contributed by atoms with Crippen LogP contribution in [0.1, 0.15) is 50.1 Å². The van der Waals surface area contributed by atoms with Crippen LogP contribution in [0.25, 0.3) is 0 Å². The van der Waals surface area contributed by atoms with Gasteiger partial charge in [0.15, 0.2) is 0 Å². The summed E-state index contributed by atoms with van der Waals surface area (Å²) < 4.78 is 1.79. The van der Waals surface area contributed by atoms with Crippen molar-refractivity contribution in [2.24, 2.45) is 0 Å². The van der Waals surface area contributed by atoms with Gasteiger partial charge in [-0.15, -0.1) is 0 Å². The van der Waals surface area contributed by atoms with Crippen molar-refractivity contribution >= 4 is 6.03 Å². The third kappa shape index (κ3) is 3.18. The molecule has 0 radical (unpaired) electrons. The maximum absolute atomic E-state index is 12.2. The van der Waals surface area contributed by atoms with Gasteiger partial charge in [0.25, 0.3) is 0 Å². The first-order valence-electron chi connectivity index (χ1n) is 7.76. The number of urea groups is 1. The summed E-state index contributed by atoms with van der Waals surface area (Å²) in [6.45, 7) is 1.34. The molecule has 2 fully saturated rings. The summed E-state index contributed by atoms with van der Waals surface area (Å²) in [6, 6.07) is 2.66. The molecule has 0 atom stereocenters. The molecule has 2 heterocycles. The third-order valence-electron chi connectivity index (χ3n) is 4.44. The van der Waals surface area contributed by atoms with Crippen LogP contribution in [-0.2, 0) is 0 Å². The molecule has 3 rings (SSSR count). The zero-order valence-electron chi connectivity index (χ0n) is 12.2. The largest absolute Gasteiger partial charge is 0.335 e. The SMILES string of the molecule is N#Cc1cnn(C2CN(C(=O)NC3CCCCCC3)C2)c1. The lowest BCUT2D eigenvalue weighted by atomic mass is 10.1. The van der Waals surface area contributed by atoms with Crippen LogP contribution >= 0.6 is 0 Å². The molecule has 0 bridgehead atoms. The van der Waals surface area contributed by atoms with E-state index in [-0.39, 0.29) is 12.1 Å². The highest BCUT2D eigenvalue weighted by atomic mass is 16.2. The molecular weight excluding hydrogens is 266 g/mol. The van der Waals surface area contributed by atoms with Gasteiger partial charge in [-0.05, 0) is 12.8 Å². The van der Waals surface area contributed by atoms with Crippen molar-refractivity contribution in [1.82, 2.24) is 20.0 Å². The van der Waals surface area contributed by atoms with Crippen LogP contribution in [0.4, 0.5) is 4.79 Å². The van der Waals surface area contributed by atoms with Gasteiger partial charge in [-0.25, -0.2) is 4.79 Å². The monoisotopic (exact) mass is 287 g/mol. The molecular formula is C15H21N5O. The highest BCUT2D eigenvalue weighted by Crippen LogP contribution is 2.22. The fourth-order valence-electron chi connectivity index (χ4n) is 3.07. The van der Waals surface area contributed by atoms with Crippen LogP contribution in [0.5, 0.6) is 0 Å². The molecule has 0 spiro atoms. The van der Waals surface area contributed by atoms with Crippen molar-refractivity contribution in [3.05, 3.63) is 18.0 Å². The first kappa shape index (κ1) is 13.9. The normalized spacial score (nSPS) is 20.4. The molecule has 2 aliphatic rings. The predicted octanol–water partition coefficient (Wildman–Crippen LogP) is 2.04. The van der Waals surface area contributed by atoms with Crippen molar-refractivity contribution in [1.29, 1.82) is 5.26 Å². The van der Waals surface area contributed by atoms with Gasteiger partial charge < -0.3 is 10.2 Å². The number of nitrogens with one attached hydrogen (secondary N) is 1. The number of likely N-dealkylation sites (tertiary alicyclic amines) is 1. The fraction of sp³-hybridized carbons (Fsp3) is 0.667. The van der Waals surface area contributed by atoms with E-state index in [1.165, 1.54) is 25.7 Å². The Balaban J connectivity index is 1.46. The Bertz CT molecular complexity index is 533. The van der Waals surface area contributed by atoms with Crippen molar-refractivity contribution in [3.8, 4) is 6.07 Å². The predicted molar refractivity (Wildman–Crippen MR) is 77.6 cm³/mol. The minimum atomic E-state index is 0.0470. The highest BCUT2D eigenvalue weighted by molar-refractivity contribution is 5.75. The second kappa shape index (κ2) is 6.17. The number of carbonyl (C=O) groups excluding carboxylic acids is 1. The molecule has 21 heavy (non-hydrogen) atoms. The van der Waals surface area contributed by atoms with Crippen LogP contribution < -0.4 is 5.32 Å². The Hall–Kier alpha value is -2.03. The molecule has 6 nitrogen and oxygen atoms in total. The Labute approximate surface area is 124 Å². The van der Waals surface area contributed by atoms with Gasteiger partial charge in [-0.2, -0.15) is 10.4 Å². The molecule has 1 N–H and O–H groups in total. The summed E-state index contributed by atoms with van der Waals surface area (Å²) in [6.07, 6.45) is 10.5. The van der Waals surface area contributed by atoms with Crippen molar-refractivity contribution in [3.63, 3.8) is 0 Å². The first-order valence-corrected chi connectivity index (χ1v) is 7.76. The molecule has 1 aliphatic heterocycles. The van der Waals surface area contributed by atoms with E-state index >= 15 is 0 Å². The van der Waals surface area contributed by atoms with Gasteiger partial charge in [0.05, 0.1) is 17.8 Å². The van der Waals surface area contributed by atoms with E-state index < -0.39 is 0 Å². The van der Waals surface area contributed by atoms with Crippen LogP contribution in [0.15, 0.2) is 12.4 Å². The average molecular weight is 287 g/mol. The van der Waals surface area contributed by atoms with Gasteiger partial charge in [-0.3, -0.25) is 4.68 Å². The molecule has 1 aromatic rings. The van der Waals surface area contributed by atoms with Crippen LogP contribution in [0.2, 0.25) is 0 Å². The Morgan fingerprint density at radius 1 is 1.29 bits per heavy atom. The number of rotatable bonds is 2. The summed E-state index contributed by atoms with van der Waals surface area (Å²) in [5.41, 5.74) is 0.566. The van der Waals surface area contributed by atoms with Gasteiger partial charge in [-0.1, -0.05) is 25.7 Å². The third-order valence-corrected chi connectivity index (χ3v) is 4.44. The Kier molecular flexibility index (Phi) is 4.09. The lowest BCUT2D eigenvalue weighted by Crippen LogP contribution is -2.56. The van der Waals surface area contributed by atoms with E-state index in [0.29, 0.717) is 24.7 Å². The van der Waals surface area contributed by atoms with E-state index in [2.05, 4.69) is 16.5 Å². The lowest BCUT2D eigenvalue weighted by Gasteiger charge is -2.39. The van der Waals surface area contributed by atoms with Gasteiger partial charge >= 0.3 is 6.03 Å². The smallest absolute Gasteiger partial charge is 0.317 e.